The van der Waals surface area contributed by atoms with Crippen molar-refractivity contribution in [1.82, 2.24) is 0 Å². The highest BCUT2D eigenvalue weighted by Crippen LogP contribution is 2.18. The summed E-state index contributed by atoms with van der Waals surface area (Å²) in [7, 11) is 2.30. The number of rotatable bonds is 8. The topological polar surface area (TPSA) is 117 Å². The molecule has 1 N–H and O–H groups in total. The van der Waals surface area contributed by atoms with E-state index in [1.165, 1.54) is 30.3 Å². The first-order valence-corrected chi connectivity index (χ1v) is 8.57. The Morgan fingerprint density at radius 1 is 0.839 bits per heavy atom. The lowest BCUT2D eigenvalue weighted by Crippen LogP contribution is -2.21. The molecule has 164 valence electrons. The van der Waals surface area contributed by atoms with Gasteiger partial charge in [-0.2, -0.15) is 8.78 Å². The molecule has 0 fully saturated rings. The maximum atomic E-state index is 12.1. The van der Waals surface area contributed by atoms with E-state index in [1.807, 2.05) is 0 Å². The standard InChI is InChI=1S/C20H17F2NO8/c1-28-17(25)12-7-13(18(26)29-2)9-14(8-12)23-16(24)10-30-19(27)11-3-5-15(6-4-11)31-20(21)22/h3-9,20H,10H2,1-2H3,(H,23,24). The fraction of sp³-hybridized carbons (Fsp3) is 0.200. The van der Waals surface area contributed by atoms with Crippen LogP contribution < -0.4 is 10.1 Å². The molecule has 0 unspecified atom stereocenters. The van der Waals surface area contributed by atoms with Gasteiger partial charge in [-0.3, -0.25) is 4.79 Å². The van der Waals surface area contributed by atoms with Gasteiger partial charge in [0.2, 0.25) is 0 Å². The summed E-state index contributed by atoms with van der Waals surface area (Å²) in [6.45, 7) is -3.69. The number of methoxy groups -OCH3 is 2. The fourth-order valence-corrected chi connectivity index (χ4v) is 2.36. The van der Waals surface area contributed by atoms with E-state index in [1.54, 1.807) is 0 Å². The Hall–Kier alpha value is -4.02. The molecule has 1 amide bonds. The second kappa shape index (κ2) is 10.7. The number of anilines is 1. The molecular formula is C20H17F2NO8. The largest absolute Gasteiger partial charge is 0.465 e. The monoisotopic (exact) mass is 437 g/mol. The number of hydrogen-bond acceptors (Lipinski definition) is 8. The van der Waals surface area contributed by atoms with Gasteiger partial charge in [-0.1, -0.05) is 0 Å². The van der Waals surface area contributed by atoms with E-state index in [2.05, 4.69) is 19.5 Å². The lowest BCUT2D eigenvalue weighted by Gasteiger charge is -2.10. The third-order valence-corrected chi connectivity index (χ3v) is 3.71. The van der Waals surface area contributed by atoms with Crippen molar-refractivity contribution in [3.63, 3.8) is 0 Å². The molecule has 0 aliphatic carbocycles. The normalized spacial score (nSPS) is 10.2. The maximum Gasteiger partial charge on any atom is 0.387 e. The van der Waals surface area contributed by atoms with Gasteiger partial charge in [0.1, 0.15) is 5.75 Å². The zero-order valence-corrected chi connectivity index (χ0v) is 16.3. The van der Waals surface area contributed by atoms with Crippen LogP contribution in [-0.2, 0) is 19.0 Å². The Morgan fingerprint density at radius 2 is 1.39 bits per heavy atom. The third kappa shape index (κ3) is 6.77. The first-order valence-electron chi connectivity index (χ1n) is 8.57. The van der Waals surface area contributed by atoms with E-state index in [4.69, 9.17) is 4.74 Å². The minimum Gasteiger partial charge on any atom is -0.465 e. The highest BCUT2D eigenvalue weighted by Gasteiger charge is 2.16. The Morgan fingerprint density at radius 3 is 1.87 bits per heavy atom. The Labute approximate surface area is 174 Å². The summed E-state index contributed by atoms with van der Waals surface area (Å²) in [6.07, 6.45) is 0. The number of ether oxygens (including phenoxy) is 4. The van der Waals surface area contributed by atoms with Gasteiger partial charge in [0.25, 0.3) is 5.91 Å². The number of halogens is 2. The Balaban J connectivity index is 2.02. The van der Waals surface area contributed by atoms with Gasteiger partial charge in [-0.25, -0.2) is 14.4 Å². The zero-order chi connectivity index (χ0) is 23.0. The molecule has 0 atom stereocenters. The SMILES string of the molecule is COC(=O)c1cc(NC(=O)COC(=O)c2ccc(OC(F)F)cc2)cc(C(=O)OC)c1. The average Bonchev–Trinajstić information content (AvgIpc) is 2.76. The second-order valence-electron chi connectivity index (χ2n) is 5.81. The van der Waals surface area contributed by atoms with E-state index in [-0.39, 0.29) is 28.1 Å². The fourth-order valence-electron chi connectivity index (χ4n) is 2.36. The van der Waals surface area contributed by atoms with Crippen molar-refractivity contribution in [3.8, 4) is 5.75 Å². The summed E-state index contributed by atoms with van der Waals surface area (Å²) in [6, 6.07) is 8.44. The molecule has 2 aromatic rings. The number of carbonyl (C=O) groups is 4. The summed E-state index contributed by atoms with van der Waals surface area (Å²) in [5, 5.41) is 2.38. The molecule has 0 spiro atoms. The average molecular weight is 437 g/mol. The van der Waals surface area contributed by atoms with E-state index in [9.17, 15) is 28.0 Å². The molecule has 0 heterocycles. The van der Waals surface area contributed by atoms with Crippen LogP contribution in [-0.4, -0.2) is 51.3 Å². The van der Waals surface area contributed by atoms with Crippen LogP contribution in [0.4, 0.5) is 14.5 Å². The van der Waals surface area contributed by atoms with Crippen molar-refractivity contribution in [2.45, 2.75) is 6.61 Å². The molecule has 0 saturated heterocycles. The van der Waals surface area contributed by atoms with Crippen LogP contribution in [0.15, 0.2) is 42.5 Å². The minimum atomic E-state index is -3.00. The quantitative estimate of drug-likeness (QED) is 0.495. The number of nitrogens with one attached hydrogen (secondary N) is 1. The molecule has 0 radical (unpaired) electrons. The third-order valence-electron chi connectivity index (χ3n) is 3.71. The van der Waals surface area contributed by atoms with Gasteiger partial charge < -0.3 is 24.3 Å². The molecule has 2 aromatic carbocycles. The van der Waals surface area contributed by atoms with Gasteiger partial charge in [-0.05, 0) is 42.5 Å². The van der Waals surface area contributed by atoms with Crippen LogP contribution in [0.1, 0.15) is 31.1 Å². The molecule has 9 nitrogen and oxygen atoms in total. The number of carbonyl (C=O) groups excluding carboxylic acids is 4. The van der Waals surface area contributed by atoms with Gasteiger partial charge in [0.05, 0.1) is 30.9 Å². The lowest BCUT2D eigenvalue weighted by atomic mass is 10.1. The van der Waals surface area contributed by atoms with Crippen molar-refractivity contribution >= 4 is 29.5 Å². The van der Waals surface area contributed by atoms with Gasteiger partial charge in [0, 0.05) is 5.69 Å². The van der Waals surface area contributed by atoms with Crippen LogP contribution in [0.25, 0.3) is 0 Å². The number of alkyl halides is 2. The predicted molar refractivity (Wildman–Crippen MR) is 101 cm³/mol. The summed E-state index contributed by atoms with van der Waals surface area (Å²) in [5.41, 5.74) is 0.0561. The summed E-state index contributed by atoms with van der Waals surface area (Å²) in [4.78, 5) is 47.6. The summed E-state index contributed by atoms with van der Waals surface area (Å²) in [5.74, 6) is -3.27. The lowest BCUT2D eigenvalue weighted by molar-refractivity contribution is -0.119. The Bertz CT molecular complexity index is 941. The van der Waals surface area contributed by atoms with Crippen molar-refractivity contribution in [2.24, 2.45) is 0 Å². The molecule has 0 bridgehead atoms. The first-order chi connectivity index (χ1) is 14.7. The summed E-state index contributed by atoms with van der Waals surface area (Å²) < 4.78 is 42.5. The number of hydrogen-bond donors (Lipinski definition) is 1. The van der Waals surface area contributed by atoms with Gasteiger partial charge >= 0.3 is 24.5 Å². The summed E-state index contributed by atoms with van der Waals surface area (Å²) >= 11 is 0. The Kier molecular flexibility index (Phi) is 8.01. The van der Waals surface area contributed by atoms with Gasteiger partial charge in [0.15, 0.2) is 6.61 Å². The van der Waals surface area contributed by atoms with Crippen molar-refractivity contribution in [2.75, 3.05) is 26.1 Å². The highest BCUT2D eigenvalue weighted by atomic mass is 19.3. The van der Waals surface area contributed by atoms with E-state index < -0.39 is 37.0 Å². The molecular weight excluding hydrogens is 420 g/mol. The van der Waals surface area contributed by atoms with Crippen molar-refractivity contribution < 1.29 is 46.9 Å². The molecule has 31 heavy (non-hydrogen) atoms. The smallest absolute Gasteiger partial charge is 0.387 e. The van der Waals surface area contributed by atoms with Crippen LogP contribution in [0.2, 0.25) is 0 Å². The van der Waals surface area contributed by atoms with E-state index in [0.29, 0.717) is 0 Å². The highest BCUT2D eigenvalue weighted by molar-refractivity contribution is 6.00. The van der Waals surface area contributed by atoms with Gasteiger partial charge in [-0.15, -0.1) is 0 Å². The number of esters is 3. The molecule has 0 saturated carbocycles. The van der Waals surface area contributed by atoms with Crippen LogP contribution in [0.5, 0.6) is 5.75 Å². The number of amides is 1. The number of benzene rings is 2. The predicted octanol–water partition coefficient (Wildman–Crippen LogP) is 2.66. The maximum absolute atomic E-state index is 12.1. The molecule has 2 rings (SSSR count). The second-order valence-corrected chi connectivity index (χ2v) is 5.81. The van der Waals surface area contributed by atoms with Crippen LogP contribution in [0, 0.1) is 0 Å². The minimum absolute atomic E-state index is 0.00934. The molecule has 0 aliphatic heterocycles. The zero-order valence-electron chi connectivity index (χ0n) is 16.3. The first kappa shape index (κ1) is 23.3. The van der Waals surface area contributed by atoms with Crippen molar-refractivity contribution in [1.29, 1.82) is 0 Å². The van der Waals surface area contributed by atoms with Crippen molar-refractivity contribution in [3.05, 3.63) is 59.2 Å². The molecule has 11 heteroatoms. The molecule has 0 aliphatic rings. The van der Waals surface area contributed by atoms with Crippen LogP contribution in [0.3, 0.4) is 0 Å². The van der Waals surface area contributed by atoms with E-state index in [0.717, 1.165) is 26.4 Å². The molecule has 0 aromatic heterocycles. The van der Waals surface area contributed by atoms with E-state index >= 15 is 0 Å². The van der Waals surface area contributed by atoms with Crippen LogP contribution >= 0.6 is 0 Å².